The van der Waals surface area contributed by atoms with Gasteiger partial charge in [-0.25, -0.2) is 0 Å². The molecule has 0 aromatic heterocycles. The zero-order valence-electron chi connectivity index (χ0n) is 4.96. The van der Waals surface area contributed by atoms with E-state index in [1.807, 2.05) is 0 Å². The summed E-state index contributed by atoms with van der Waals surface area (Å²) in [6.07, 6.45) is 3.88. The second-order valence-corrected chi connectivity index (χ2v) is 1.73. The molecule has 0 atom stereocenters. The van der Waals surface area contributed by atoms with Crippen LogP contribution in [0.25, 0.3) is 0 Å². The quantitative estimate of drug-likeness (QED) is 0.398. The maximum atomic E-state index is 5.10. The summed E-state index contributed by atoms with van der Waals surface area (Å²) >= 11 is 3.82. The van der Waals surface area contributed by atoms with Crippen LogP contribution in [0.15, 0.2) is 15.7 Å². The molecule has 1 aliphatic heterocycles. The Bertz CT molecular complexity index is 228. The van der Waals surface area contributed by atoms with Crippen LogP contribution in [0.1, 0.15) is 0 Å². The summed E-state index contributed by atoms with van der Waals surface area (Å²) in [4.78, 5) is 7.62. The van der Waals surface area contributed by atoms with Gasteiger partial charge in [-0.05, 0) is 0 Å². The van der Waals surface area contributed by atoms with E-state index in [2.05, 4.69) is 36.8 Å². The molecule has 0 fully saturated rings. The van der Waals surface area contributed by atoms with Gasteiger partial charge in [0.1, 0.15) is 0 Å². The molecule has 1 rings (SSSR count). The van der Waals surface area contributed by atoms with Crippen molar-refractivity contribution < 1.29 is 15.3 Å². The molecule has 0 unspecified atom stereocenters. The Morgan fingerprint density at radius 1 is 1.90 bits per heavy atom. The van der Waals surface area contributed by atoms with E-state index in [1.54, 1.807) is 0 Å². The first-order chi connectivity index (χ1) is 4.88. The fraction of sp³-hybridized carbons (Fsp3) is 0. The Morgan fingerprint density at radius 3 is 3.30 bits per heavy atom. The molecule has 3 N–H and O–H groups in total. The molecule has 1 aliphatic rings. The predicted octanol–water partition coefficient (Wildman–Crippen LogP) is -1.07. The van der Waals surface area contributed by atoms with Gasteiger partial charge >= 0.3 is 65.5 Å². The van der Waals surface area contributed by atoms with Crippen molar-refractivity contribution in [1.29, 1.82) is 0 Å². The number of nitrogens with zero attached hydrogens (tertiary/aromatic N) is 2. The molecule has 0 aromatic carbocycles. The first-order valence-electron chi connectivity index (χ1n) is 2.48. The third-order valence-electron chi connectivity index (χ3n) is 0.929. The summed E-state index contributed by atoms with van der Waals surface area (Å²) in [5, 5.41) is 4.08. The normalized spacial score (nSPS) is 23.7. The Hall–Kier alpha value is -0.944. The first kappa shape index (κ1) is 7.17. The van der Waals surface area contributed by atoms with Gasteiger partial charge < -0.3 is 0 Å². The average molecular weight is 180 g/mol. The Balaban J connectivity index is 2.86. The molecule has 0 saturated heterocycles. The molecule has 0 aliphatic carbocycles. The molecule has 0 spiro atoms. The fourth-order valence-corrected chi connectivity index (χ4v) is 0.659. The van der Waals surface area contributed by atoms with Crippen molar-refractivity contribution in [2.24, 2.45) is 15.7 Å². The standard InChI is InChI=1S/C5H5N4.Co/c1-7-5-4(2-6)8-3-9-5;/h1,3H,6H2,(H,8,9);/q-1;. The van der Waals surface area contributed by atoms with E-state index in [0.717, 1.165) is 0 Å². The average Bonchev–Trinajstić information content (AvgIpc) is 2.36. The Kier molecular flexibility index (Phi) is 2.35. The minimum atomic E-state index is 0.496. The van der Waals surface area contributed by atoms with Crippen molar-refractivity contribution in [3.8, 4) is 0 Å². The van der Waals surface area contributed by atoms with Gasteiger partial charge in [0.2, 0.25) is 0 Å². The second kappa shape index (κ2) is 3.28. The van der Waals surface area contributed by atoms with Crippen molar-refractivity contribution in [3.63, 3.8) is 0 Å². The summed E-state index contributed by atoms with van der Waals surface area (Å²) in [6.45, 7) is 0. The van der Waals surface area contributed by atoms with Gasteiger partial charge in [0, 0.05) is 0 Å². The van der Waals surface area contributed by atoms with E-state index in [4.69, 9.17) is 5.73 Å². The van der Waals surface area contributed by atoms with Crippen molar-refractivity contribution in [1.82, 2.24) is 5.32 Å². The van der Waals surface area contributed by atoms with Crippen molar-refractivity contribution in [2.75, 3.05) is 0 Å². The van der Waals surface area contributed by atoms with Crippen LogP contribution >= 0.6 is 0 Å². The third kappa shape index (κ3) is 1.31. The van der Waals surface area contributed by atoms with Crippen molar-refractivity contribution >= 4 is 17.3 Å². The van der Waals surface area contributed by atoms with E-state index >= 15 is 0 Å². The van der Waals surface area contributed by atoms with Crippen LogP contribution in [0.3, 0.4) is 0 Å². The molecule has 1 heterocycles. The molecular formula is C5H5CoN4-. The van der Waals surface area contributed by atoms with Crippen LogP contribution in [-0.4, -0.2) is 17.3 Å². The van der Waals surface area contributed by atoms with Crippen LogP contribution < -0.4 is 11.1 Å². The van der Waals surface area contributed by atoms with Crippen LogP contribution in [0.2, 0.25) is 0 Å². The number of rotatable bonds is 1. The first-order valence-corrected chi connectivity index (χ1v) is 3.08. The molecule has 10 heavy (non-hydrogen) atoms. The van der Waals surface area contributed by atoms with Gasteiger partial charge in [0.25, 0.3) is 0 Å². The number of nitrogens with one attached hydrogen (secondary N) is 1. The monoisotopic (exact) mass is 180 g/mol. The molecule has 0 saturated carbocycles. The number of nitrogens with two attached hydrogens (primary N) is 1. The molecule has 55 valence electrons. The number of hydrogen-bond donors (Lipinski definition) is 2. The minimum absolute atomic E-state index is 0.496. The van der Waals surface area contributed by atoms with Gasteiger partial charge in [0.15, 0.2) is 0 Å². The molecule has 0 amide bonds. The van der Waals surface area contributed by atoms with Gasteiger partial charge in [-0.3, -0.25) is 0 Å². The summed E-state index contributed by atoms with van der Waals surface area (Å²) in [5.74, 6) is 0.496. The zero-order chi connectivity index (χ0) is 7.40. The predicted molar refractivity (Wildman–Crippen MR) is 36.1 cm³/mol. The Morgan fingerprint density at radius 2 is 2.70 bits per heavy atom. The molecule has 0 radical (unpaired) electrons. The van der Waals surface area contributed by atoms with Gasteiger partial charge in [-0.2, -0.15) is 0 Å². The second-order valence-electron chi connectivity index (χ2n) is 1.46. The van der Waals surface area contributed by atoms with E-state index in [9.17, 15) is 0 Å². The van der Waals surface area contributed by atoms with Crippen molar-refractivity contribution in [3.05, 3.63) is 11.9 Å². The van der Waals surface area contributed by atoms with Crippen molar-refractivity contribution in [2.45, 2.75) is 0 Å². The van der Waals surface area contributed by atoms with Gasteiger partial charge in [-0.15, -0.1) is 0 Å². The van der Waals surface area contributed by atoms with Crippen LogP contribution in [-0.2, 0) is 15.3 Å². The van der Waals surface area contributed by atoms with E-state index in [1.165, 1.54) is 11.4 Å². The van der Waals surface area contributed by atoms with E-state index < -0.39 is 0 Å². The molecule has 0 aromatic rings. The molecule has 5 heteroatoms. The van der Waals surface area contributed by atoms with Gasteiger partial charge in [-0.1, -0.05) is 0 Å². The van der Waals surface area contributed by atoms with E-state index in [-0.39, 0.29) is 0 Å². The summed E-state index contributed by atoms with van der Waals surface area (Å²) in [7, 11) is 0. The van der Waals surface area contributed by atoms with Crippen LogP contribution in [0, 0.1) is 6.20 Å². The van der Waals surface area contributed by atoms with E-state index in [0.29, 0.717) is 11.5 Å². The molecule has 0 bridgehead atoms. The summed E-state index contributed by atoms with van der Waals surface area (Å²) in [5.41, 5.74) is 5.68. The molecule has 4 nitrogen and oxygen atoms in total. The zero-order valence-corrected chi connectivity index (χ0v) is 6.00. The maximum absolute atomic E-state index is 5.10. The van der Waals surface area contributed by atoms with Gasteiger partial charge in [0.05, 0.1) is 0 Å². The number of aliphatic imine (C=N–C) groups is 2. The Labute approximate surface area is 66.1 Å². The molecular weight excluding hydrogens is 175 g/mol. The summed E-state index contributed by atoms with van der Waals surface area (Å²) in [6, 6.07) is 0. The fourth-order valence-electron chi connectivity index (χ4n) is 0.532. The topological polar surface area (TPSA) is 62.8 Å². The number of amidine groups is 1. The van der Waals surface area contributed by atoms with Crippen LogP contribution in [0.5, 0.6) is 0 Å². The number of hydrogen-bond acceptors (Lipinski definition) is 3. The van der Waals surface area contributed by atoms with Crippen LogP contribution in [0.4, 0.5) is 0 Å². The SMILES string of the molecule is N[C-]=C1NC=NC1=N[CH]=[Co]. The summed E-state index contributed by atoms with van der Waals surface area (Å²) < 4.78 is 0. The third-order valence-corrected chi connectivity index (χ3v) is 1.06.